The van der Waals surface area contributed by atoms with Crippen LogP contribution in [0.1, 0.15) is 32.6 Å². The first-order chi connectivity index (χ1) is 9.40. The van der Waals surface area contributed by atoms with Crippen LogP contribution in [0.4, 0.5) is 11.4 Å². The van der Waals surface area contributed by atoms with Crippen LogP contribution in [0.25, 0.3) is 0 Å². The number of benzene rings is 1. The second-order valence-electron chi connectivity index (χ2n) is 5.07. The summed E-state index contributed by atoms with van der Waals surface area (Å²) in [7, 11) is 0. The molecule has 0 bridgehead atoms. The number of piperidine rings is 1. The standard InChI is InChI=1S/C16H26N2O/c1-2-19-14-6-11-17-15-7-9-16(10-8-15)18-12-4-3-5-13-18/h7-10,17H,2-6,11-14H2,1H3. The number of rotatable bonds is 7. The topological polar surface area (TPSA) is 24.5 Å². The molecule has 1 aromatic rings. The van der Waals surface area contributed by atoms with Crippen LogP contribution in [0.5, 0.6) is 0 Å². The highest BCUT2D eigenvalue weighted by Gasteiger charge is 2.10. The average molecular weight is 262 g/mol. The molecule has 1 aliphatic heterocycles. The van der Waals surface area contributed by atoms with Crippen molar-refractivity contribution in [3.63, 3.8) is 0 Å². The van der Waals surface area contributed by atoms with Gasteiger partial charge in [-0.1, -0.05) is 0 Å². The zero-order chi connectivity index (χ0) is 13.3. The van der Waals surface area contributed by atoms with Gasteiger partial charge in [-0.3, -0.25) is 0 Å². The van der Waals surface area contributed by atoms with Crippen molar-refractivity contribution < 1.29 is 4.74 Å². The molecule has 0 radical (unpaired) electrons. The van der Waals surface area contributed by atoms with Crippen molar-refractivity contribution in [3.05, 3.63) is 24.3 Å². The van der Waals surface area contributed by atoms with Gasteiger partial charge < -0.3 is 15.0 Å². The molecule has 106 valence electrons. The second-order valence-corrected chi connectivity index (χ2v) is 5.07. The minimum absolute atomic E-state index is 0.810. The molecule has 1 aromatic carbocycles. The fourth-order valence-corrected chi connectivity index (χ4v) is 2.49. The fraction of sp³-hybridized carbons (Fsp3) is 0.625. The molecule has 0 amide bonds. The summed E-state index contributed by atoms with van der Waals surface area (Å²) in [5, 5.41) is 3.44. The predicted molar refractivity (Wildman–Crippen MR) is 82.1 cm³/mol. The van der Waals surface area contributed by atoms with E-state index in [1.54, 1.807) is 0 Å². The van der Waals surface area contributed by atoms with E-state index in [4.69, 9.17) is 4.74 Å². The van der Waals surface area contributed by atoms with E-state index in [0.717, 1.165) is 26.2 Å². The van der Waals surface area contributed by atoms with E-state index in [1.165, 1.54) is 43.7 Å². The van der Waals surface area contributed by atoms with Crippen molar-refractivity contribution in [2.45, 2.75) is 32.6 Å². The van der Waals surface area contributed by atoms with Gasteiger partial charge >= 0.3 is 0 Å². The summed E-state index contributed by atoms with van der Waals surface area (Å²) < 4.78 is 5.32. The first-order valence-electron chi connectivity index (χ1n) is 7.57. The Morgan fingerprint density at radius 2 is 1.84 bits per heavy atom. The van der Waals surface area contributed by atoms with Crippen LogP contribution in [-0.4, -0.2) is 32.8 Å². The molecule has 0 saturated carbocycles. The summed E-state index contributed by atoms with van der Waals surface area (Å²) in [6.07, 6.45) is 5.10. The van der Waals surface area contributed by atoms with Crippen molar-refractivity contribution in [1.82, 2.24) is 0 Å². The molecule has 1 saturated heterocycles. The van der Waals surface area contributed by atoms with Crippen LogP contribution in [0.3, 0.4) is 0 Å². The Kier molecular flexibility index (Phi) is 6.02. The lowest BCUT2D eigenvalue weighted by molar-refractivity contribution is 0.147. The zero-order valence-electron chi connectivity index (χ0n) is 12.0. The number of ether oxygens (including phenoxy) is 1. The van der Waals surface area contributed by atoms with E-state index in [2.05, 4.69) is 34.5 Å². The van der Waals surface area contributed by atoms with Gasteiger partial charge in [0.25, 0.3) is 0 Å². The third-order valence-corrected chi connectivity index (χ3v) is 3.59. The first-order valence-corrected chi connectivity index (χ1v) is 7.57. The molecule has 0 unspecified atom stereocenters. The number of hydrogen-bond donors (Lipinski definition) is 1. The lowest BCUT2D eigenvalue weighted by atomic mass is 10.1. The smallest absolute Gasteiger partial charge is 0.0482 e. The van der Waals surface area contributed by atoms with Gasteiger partial charge in [0.05, 0.1) is 0 Å². The van der Waals surface area contributed by atoms with Crippen LogP contribution in [0, 0.1) is 0 Å². The van der Waals surface area contributed by atoms with E-state index in [-0.39, 0.29) is 0 Å². The molecular weight excluding hydrogens is 236 g/mol. The summed E-state index contributed by atoms with van der Waals surface area (Å²) in [5.74, 6) is 0. The average Bonchev–Trinajstić information content (AvgIpc) is 2.49. The van der Waals surface area contributed by atoms with Crippen LogP contribution >= 0.6 is 0 Å². The summed E-state index contributed by atoms with van der Waals surface area (Å²) in [6, 6.07) is 8.83. The summed E-state index contributed by atoms with van der Waals surface area (Å²) in [5.41, 5.74) is 2.57. The number of nitrogens with zero attached hydrogens (tertiary/aromatic N) is 1. The minimum Gasteiger partial charge on any atom is -0.385 e. The molecule has 0 aliphatic carbocycles. The summed E-state index contributed by atoms with van der Waals surface area (Å²) in [4.78, 5) is 2.49. The first kappa shape index (κ1) is 14.2. The number of hydrogen-bond acceptors (Lipinski definition) is 3. The van der Waals surface area contributed by atoms with Crippen LogP contribution in [-0.2, 0) is 4.74 Å². The molecule has 3 nitrogen and oxygen atoms in total. The van der Waals surface area contributed by atoms with Crippen molar-refractivity contribution in [1.29, 1.82) is 0 Å². The van der Waals surface area contributed by atoms with Crippen molar-refractivity contribution in [3.8, 4) is 0 Å². The Hall–Kier alpha value is -1.22. The lowest BCUT2D eigenvalue weighted by Crippen LogP contribution is -2.29. The van der Waals surface area contributed by atoms with Gasteiger partial charge in [-0.05, 0) is 56.9 Å². The third-order valence-electron chi connectivity index (χ3n) is 3.59. The normalized spacial score (nSPS) is 15.5. The highest BCUT2D eigenvalue weighted by Crippen LogP contribution is 2.21. The molecule has 3 heteroatoms. The fourth-order valence-electron chi connectivity index (χ4n) is 2.49. The predicted octanol–water partition coefficient (Wildman–Crippen LogP) is 3.52. The number of anilines is 2. The van der Waals surface area contributed by atoms with Gasteiger partial charge in [-0.2, -0.15) is 0 Å². The maximum absolute atomic E-state index is 5.32. The Morgan fingerprint density at radius 1 is 1.11 bits per heavy atom. The molecule has 1 heterocycles. The van der Waals surface area contributed by atoms with Crippen LogP contribution in [0.2, 0.25) is 0 Å². The van der Waals surface area contributed by atoms with E-state index in [0.29, 0.717) is 0 Å². The number of nitrogens with one attached hydrogen (secondary N) is 1. The van der Waals surface area contributed by atoms with Gasteiger partial charge in [0.1, 0.15) is 0 Å². The van der Waals surface area contributed by atoms with E-state index in [9.17, 15) is 0 Å². The van der Waals surface area contributed by atoms with E-state index < -0.39 is 0 Å². The lowest BCUT2D eigenvalue weighted by Gasteiger charge is -2.28. The van der Waals surface area contributed by atoms with Crippen molar-refractivity contribution in [2.75, 3.05) is 43.1 Å². The molecule has 0 atom stereocenters. The van der Waals surface area contributed by atoms with Gasteiger partial charge in [-0.25, -0.2) is 0 Å². The SMILES string of the molecule is CCOCCCNc1ccc(N2CCCCC2)cc1. The summed E-state index contributed by atoms with van der Waals surface area (Å²) in [6.45, 7) is 7.08. The molecule has 1 N–H and O–H groups in total. The molecule has 0 aromatic heterocycles. The van der Waals surface area contributed by atoms with Gasteiger partial charge in [-0.15, -0.1) is 0 Å². The van der Waals surface area contributed by atoms with Crippen molar-refractivity contribution in [2.24, 2.45) is 0 Å². The second kappa shape index (κ2) is 8.05. The minimum atomic E-state index is 0.810. The zero-order valence-corrected chi connectivity index (χ0v) is 12.0. The maximum atomic E-state index is 5.32. The van der Waals surface area contributed by atoms with Gasteiger partial charge in [0.2, 0.25) is 0 Å². The molecule has 1 fully saturated rings. The molecule has 2 rings (SSSR count). The van der Waals surface area contributed by atoms with Crippen LogP contribution < -0.4 is 10.2 Å². The van der Waals surface area contributed by atoms with Crippen molar-refractivity contribution >= 4 is 11.4 Å². The highest BCUT2D eigenvalue weighted by molar-refractivity contribution is 5.55. The molecule has 1 aliphatic rings. The monoisotopic (exact) mass is 262 g/mol. The van der Waals surface area contributed by atoms with Crippen LogP contribution in [0.15, 0.2) is 24.3 Å². The molecule has 19 heavy (non-hydrogen) atoms. The van der Waals surface area contributed by atoms with Gasteiger partial charge in [0, 0.05) is 44.2 Å². The molecule has 0 spiro atoms. The Bertz CT molecular complexity index is 344. The Balaban J connectivity index is 1.74. The Labute approximate surface area is 116 Å². The maximum Gasteiger partial charge on any atom is 0.0482 e. The van der Waals surface area contributed by atoms with Gasteiger partial charge in [0.15, 0.2) is 0 Å². The molecular formula is C16H26N2O. The summed E-state index contributed by atoms with van der Waals surface area (Å²) >= 11 is 0. The third kappa shape index (κ3) is 4.75. The highest BCUT2D eigenvalue weighted by atomic mass is 16.5. The van der Waals surface area contributed by atoms with E-state index in [1.807, 2.05) is 6.92 Å². The van der Waals surface area contributed by atoms with E-state index >= 15 is 0 Å². The quantitative estimate of drug-likeness (QED) is 0.761. The Morgan fingerprint density at radius 3 is 2.53 bits per heavy atom. The largest absolute Gasteiger partial charge is 0.385 e.